The molecule has 1 radical (unpaired) electrons. The van der Waals surface area contributed by atoms with Gasteiger partial charge in [0.15, 0.2) is 11.6 Å². The molecule has 2 aliphatic carbocycles. The van der Waals surface area contributed by atoms with E-state index in [1.165, 1.54) is 63.6 Å². The van der Waals surface area contributed by atoms with Crippen LogP contribution < -0.4 is 24.5 Å². The summed E-state index contributed by atoms with van der Waals surface area (Å²) in [5, 5.41) is 53.9. The number of allylic oxidation sites excluding steroid dienone is 6. The van der Waals surface area contributed by atoms with Gasteiger partial charge < -0.3 is 35.3 Å². The number of hydrogen-bond donors (Lipinski definition) is 3. The maximum atomic E-state index is 10.9. The fraction of sp³-hybridized carbons (Fsp3) is 0.250. The summed E-state index contributed by atoms with van der Waals surface area (Å²) >= 11 is 1.51. The Morgan fingerprint density at radius 1 is 0.733 bits per heavy atom. The number of quaternary nitrogens is 1. The fourth-order valence-corrected chi connectivity index (χ4v) is 4.91. The van der Waals surface area contributed by atoms with Crippen molar-refractivity contribution < 1.29 is 51.3 Å². The van der Waals surface area contributed by atoms with E-state index >= 15 is 0 Å². The van der Waals surface area contributed by atoms with Crippen molar-refractivity contribution in [3.8, 4) is 0 Å². The number of rotatable bonds is 4. The van der Waals surface area contributed by atoms with Gasteiger partial charge in [-0.25, -0.2) is 0 Å². The molecule has 0 amide bonds. The van der Waals surface area contributed by atoms with Crippen molar-refractivity contribution in [1.29, 1.82) is 0 Å². The number of nitrogens with one attached hydrogen (secondary N) is 1. The van der Waals surface area contributed by atoms with Crippen molar-refractivity contribution in [2.24, 2.45) is 20.4 Å². The number of carbonyl (C=O) groups excluding carboxylic acids is 2. The zero-order valence-corrected chi connectivity index (χ0v) is 25.6. The Kier molecular flexibility index (Phi) is 12.7. The Bertz CT molecular complexity index is 1630. The topological polar surface area (TPSA) is 246 Å². The van der Waals surface area contributed by atoms with Crippen molar-refractivity contribution in [2.75, 3.05) is 39.3 Å². The number of carbonyl (C=O) groups is 2. The van der Waals surface area contributed by atoms with Crippen LogP contribution in [0.25, 0.3) is 0 Å². The second kappa shape index (κ2) is 16.4. The van der Waals surface area contributed by atoms with Gasteiger partial charge in [0.05, 0.1) is 29.5 Å². The SMILES string of the molecule is C1C[NH+]2CCN1CC2.O=C1C=C/C(=N\N=c2/[n-]cc([N+](=O)[O-])s2)C(O)=C1.O=C1C=C/C(=N\N=c2/[n-]cc([N+](=O)[O-])s2)C(O)=C1.[Co]. The van der Waals surface area contributed by atoms with Crippen LogP contribution in [-0.2, 0) is 26.4 Å². The van der Waals surface area contributed by atoms with E-state index in [4.69, 9.17) is 0 Å². The summed E-state index contributed by atoms with van der Waals surface area (Å²) in [6, 6.07) is 0. The summed E-state index contributed by atoms with van der Waals surface area (Å²) in [5.74, 6) is -1.32. The molecule has 45 heavy (non-hydrogen) atoms. The van der Waals surface area contributed by atoms with Crippen LogP contribution in [0.1, 0.15) is 0 Å². The van der Waals surface area contributed by atoms with Crippen molar-refractivity contribution in [3.63, 3.8) is 0 Å². The number of ketones is 2. The van der Waals surface area contributed by atoms with E-state index in [1.54, 1.807) is 0 Å². The van der Waals surface area contributed by atoms with E-state index in [1.807, 2.05) is 4.90 Å². The number of fused-ring (bicyclic) bond motifs is 3. The number of nitrogens with zero attached hydrogens (tertiary/aromatic N) is 9. The third-order valence-corrected chi connectivity index (χ3v) is 7.71. The monoisotopic (exact) mass is 702 g/mol. The molecular weight excluding hydrogens is 679 g/mol. The van der Waals surface area contributed by atoms with Crippen LogP contribution in [0, 0.1) is 20.2 Å². The van der Waals surface area contributed by atoms with E-state index in [0.717, 1.165) is 47.2 Å². The van der Waals surface area contributed by atoms with Crippen molar-refractivity contribution in [1.82, 2.24) is 14.9 Å². The minimum atomic E-state index is -0.583. The molecule has 5 aliphatic rings. The van der Waals surface area contributed by atoms with Gasteiger partial charge in [0.25, 0.3) is 0 Å². The first-order chi connectivity index (χ1) is 21.1. The number of aliphatic hydroxyl groups excluding tert-OH is 2. The molecule has 5 heterocycles. The molecular formula is C24H23CoN10O8S2-. The molecule has 0 saturated carbocycles. The Balaban J connectivity index is 0.000000194. The van der Waals surface area contributed by atoms with E-state index in [0.29, 0.717) is 0 Å². The first kappa shape index (κ1) is 34.8. The van der Waals surface area contributed by atoms with Gasteiger partial charge in [-0.2, -0.15) is 0 Å². The molecule has 7 rings (SSSR count). The van der Waals surface area contributed by atoms with Gasteiger partial charge in [-0.3, -0.25) is 44.9 Å². The van der Waals surface area contributed by atoms with Gasteiger partial charge in [-0.15, -0.1) is 0 Å². The standard InChI is InChI=1S/2C9H6N4O4S.C6H12N2.Co/c2*14-5-1-2-6(7(15)3-5)11-12-9-10-4-8(18-9)13(16)17;1-2-8-5-3-7(1)4-6-8;/h2*1-4H,(H2,10,12,14,15);1-6H2;/p-1. The van der Waals surface area contributed by atoms with Crippen LogP contribution in [0.15, 0.2) is 80.8 Å². The molecule has 3 fully saturated rings. The first-order valence-corrected chi connectivity index (χ1v) is 14.3. The van der Waals surface area contributed by atoms with Gasteiger partial charge in [-0.05, 0) is 24.3 Å². The summed E-state index contributed by atoms with van der Waals surface area (Å²) in [6.07, 6.45) is 9.17. The average molecular weight is 703 g/mol. The van der Waals surface area contributed by atoms with Crippen LogP contribution in [0.5, 0.6) is 0 Å². The molecule has 0 aromatic carbocycles. The minimum absolute atomic E-state index is 0. The van der Waals surface area contributed by atoms with Crippen LogP contribution >= 0.6 is 22.7 Å². The summed E-state index contributed by atoms with van der Waals surface area (Å²) in [6.45, 7) is 8.28. The zero-order valence-electron chi connectivity index (χ0n) is 22.9. The van der Waals surface area contributed by atoms with Crippen LogP contribution in [0.2, 0.25) is 0 Å². The first-order valence-electron chi connectivity index (χ1n) is 12.7. The molecule has 3 N–H and O–H groups in total. The number of thiazole rings is 2. The summed E-state index contributed by atoms with van der Waals surface area (Å²) in [7, 11) is 0. The van der Waals surface area contributed by atoms with Crippen LogP contribution in [-0.4, -0.2) is 87.2 Å². The normalized spacial score (nSPS) is 22.6. The fourth-order valence-electron chi connectivity index (χ4n) is 3.80. The Hall–Kier alpha value is -4.67. The second-order valence-electron chi connectivity index (χ2n) is 9.02. The van der Waals surface area contributed by atoms with Gasteiger partial charge in [0, 0.05) is 70.6 Å². The van der Waals surface area contributed by atoms with E-state index in [-0.39, 0.29) is 70.9 Å². The molecule has 21 heteroatoms. The smallest absolute Gasteiger partial charge is 0.319 e. The Morgan fingerprint density at radius 2 is 1.13 bits per heavy atom. The zero-order chi connectivity index (χ0) is 31.6. The van der Waals surface area contributed by atoms with E-state index in [9.17, 15) is 40.0 Å². The Morgan fingerprint density at radius 3 is 1.40 bits per heavy atom. The quantitative estimate of drug-likeness (QED) is 0.200. The maximum absolute atomic E-state index is 10.9. The van der Waals surface area contributed by atoms with E-state index in [2.05, 4.69) is 35.3 Å². The predicted molar refractivity (Wildman–Crippen MR) is 156 cm³/mol. The molecule has 0 spiro atoms. The Labute approximate surface area is 271 Å². The largest absolute Gasteiger partial charge is 0.506 e. The molecule has 2 aromatic heterocycles. The van der Waals surface area contributed by atoms with Gasteiger partial charge in [0.1, 0.15) is 22.9 Å². The second-order valence-corrected chi connectivity index (χ2v) is 11.0. The maximum Gasteiger partial charge on any atom is 0.319 e. The molecule has 3 saturated heterocycles. The molecule has 0 atom stereocenters. The van der Waals surface area contributed by atoms with Crippen molar-refractivity contribution >= 4 is 55.7 Å². The molecule has 2 aromatic rings. The molecule has 2 bridgehead atoms. The average Bonchev–Trinajstić information content (AvgIpc) is 3.69. The predicted octanol–water partition coefficient (Wildman–Crippen LogP) is -0.900. The number of piperazine rings is 3. The van der Waals surface area contributed by atoms with Gasteiger partial charge in [0.2, 0.25) is 0 Å². The van der Waals surface area contributed by atoms with Crippen molar-refractivity contribution in [2.45, 2.75) is 0 Å². The number of aliphatic hydroxyl groups is 2. The number of hydrogen-bond acceptors (Lipinski definition) is 15. The molecule has 0 unspecified atom stereocenters. The van der Waals surface area contributed by atoms with Crippen molar-refractivity contribution in [3.05, 3.63) is 90.2 Å². The number of aromatic nitrogens is 2. The summed E-state index contributed by atoms with van der Waals surface area (Å²) < 4.78 is 0. The third-order valence-electron chi connectivity index (χ3n) is 6.05. The summed E-state index contributed by atoms with van der Waals surface area (Å²) in [4.78, 5) is 53.3. The van der Waals surface area contributed by atoms with Crippen LogP contribution in [0.3, 0.4) is 0 Å². The molecule has 18 nitrogen and oxygen atoms in total. The minimum Gasteiger partial charge on any atom is -0.506 e. The van der Waals surface area contributed by atoms with Gasteiger partial charge in [-0.1, -0.05) is 22.7 Å². The van der Waals surface area contributed by atoms with Crippen LogP contribution in [0.4, 0.5) is 10.0 Å². The molecule has 239 valence electrons. The molecule has 3 aliphatic heterocycles. The van der Waals surface area contributed by atoms with Gasteiger partial charge >= 0.3 is 10.0 Å². The number of nitro groups is 2. The third kappa shape index (κ3) is 10.5. The van der Waals surface area contributed by atoms with E-state index < -0.39 is 9.85 Å². The summed E-state index contributed by atoms with van der Waals surface area (Å²) in [5.41, 5.74) is 0.180.